The lowest BCUT2D eigenvalue weighted by molar-refractivity contribution is -0.123. The van der Waals surface area contributed by atoms with E-state index in [2.05, 4.69) is 29.5 Å². The van der Waals surface area contributed by atoms with Crippen molar-refractivity contribution in [2.45, 2.75) is 32.9 Å². The zero-order valence-corrected chi connectivity index (χ0v) is 19.2. The highest BCUT2D eigenvalue weighted by atomic mass is 32.1. The van der Waals surface area contributed by atoms with Crippen molar-refractivity contribution in [2.75, 3.05) is 13.7 Å². The predicted octanol–water partition coefficient (Wildman–Crippen LogP) is 3.90. The minimum Gasteiger partial charge on any atom is -0.496 e. The quantitative estimate of drug-likeness (QED) is 0.486. The molecule has 0 spiro atoms. The van der Waals surface area contributed by atoms with E-state index in [1.165, 1.54) is 16.9 Å². The monoisotopic (exact) mass is 453 g/mol. The van der Waals surface area contributed by atoms with Gasteiger partial charge in [-0.2, -0.15) is 0 Å². The Morgan fingerprint density at radius 3 is 2.50 bits per heavy atom. The maximum atomic E-state index is 12.4. The smallest absolute Gasteiger partial charge is 0.271 e. The zero-order chi connectivity index (χ0) is 22.9. The van der Waals surface area contributed by atoms with Crippen LogP contribution in [0.4, 0.5) is 0 Å². The second kappa shape index (κ2) is 11.3. The molecule has 2 amide bonds. The summed E-state index contributed by atoms with van der Waals surface area (Å²) in [7, 11) is 1.59. The fraction of sp³-hybridized carbons (Fsp3) is 0.292. The lowest BCUT2D eigenvalue weighted by Crippen LogP contribution is -2.28. The molecule has 0 saturated heterocycles. The van der Waals surface area contributed by atoms with Crippen molar-refractivity contribution in [2.24, 2.45) is 0 Å². The Morgan fingerprint density at radius 2 is 1.78 bits per heavy atom. The molecule has 0 saturated carbocycles. The Bertz CT molecular complexity index is 1050. The van der Waals surface area contributed by atoms with Crippen LogP contribution in [0, 0.1) is 0 Å². The number of nitrogens with one attached hydrogen (secondary N) is 2. The van der Waals surface area contributed by atoms with Gasteiger partial charge in [0.2, 0.25) is 0 Å². The van der Waals surface area contributed by atoms with Crippen LogP contribution in [0.15, 0.2) is 53.9 Å². The molecule has 0 aliphatic heterocycles. The fourth-order valence-corrected chi connectivity index (χ4v) is 3.65. The molecule has 0 aliphatic carbocycles. The van der Waals surface area contributed by atoms with Crippen LogP contribution in [0.25, 0.3) is 0 Å². The van der Waals surface area contributed by atoms with Crippen LogP contribution in [0.2, 0.25) is 0 Å². The van der Waals surface area contributed by atoms with Crippen LogP contribution < -0.4 is 20.1 Å². The summed E-state index contributed by atoms with van der Waals surface area (Å²) in [6.07, 6.45) is 0. The molecular weight excluding hydrogens is 426 g/mol. The summed E-state index contributed by atoms with van der Waals surface area (Å²) in [6.45, 7) is 4.73. The number of nitrogens with zero attached hydrogens (tertiary/aromatic N) is 1. The number of carbonyl (C=O) groups excluding carboxylic acids is 2. The molecular formula is C24H27N3O4S. The van der Waals surface area contributed by atoms with Crippen molar-refractivity contribution in [1.82, 2.24) is 15.6 Å². The number of ether oxygens (including phenoxy) is 2. The van der Waals surface area contributed by atoms with Gasteiger partial charge in [0, 0.05) is 17.5 Å². The summed E-state index contributed by atoms with van der Waals surface area (Å²) in [5, 5.41) is 7.91. The van der Waals surface area contributed by atoms with Crippen LogP contribution >= 0.6 is 11.3 Å². The summed E-state index contributed by atoms with van der Waals surface area (Å²) in [6, 6.07) is 15.2. The molecule has 0 aliphatic rings. The van der Waals surface area contributed by atoms with Gasteiger partial charge in [0.25, 0.3) is 11.8 Å². The third kappa shape index (κ3) is 6.55. The molecule has 0 unspecified atom stereocenters. The normalized spacial score (nSPS) is 10.6. The number of rotatable bonds is 10. The molecule has 1 aromatic heterocycles. The van der Waals surface area contributed by atoms with Gasteiger partial charge in [-0.05, 0) is 29.7 Å². The Morgan fingerprint density at radius 1 is 1.03 bits per heavy atom. The first-order valence-electron chi connectivity index (χ1n) is 10.3. The minimum atomic E-state index is -0.280. The number of carbonyl (C=O) groups is 2. The van der Waals surface area contributed by atoms with Crippen molar-refractivity contribution in [3.8, 4) is 11.5 Å². The molecule has 2 N–H and O–H groups in total. The lowest BCUT2D eigenvalue weighted by Gasteiger charge is -2.09. The van der Waals surface area contributed by atoms with Crippen molar-refractivity contribution >= 4 is 23.2 Å². The summed E-state index contributed by atoms with van der Waals surface area (Å²) >= 11 is 1.32. The molecule has 7 nitrogen and oxygen atoms in total. The van der Waals surface area contributed by atoms with E-state index in [1.807, 2.05) is 48.5 Å². The summed E-state index contributed by atoms with van der Waals surface area (Å²) < 4.78 is 10.8. The first-order valence-corrected chi connectivity index (χ1v) is 11.2. The van der Waals surface area contributed by atoms with E-state index in [4.69, 9.17) is 9.47 Å². The number of hydrogen-bond acceptors (Lipinski definition) is 6. The van der Waals surface area contributed by atoms with Gasteiger partial charge in [-0.15, -0.1) is 11.3 Å². The first-order chi connectivity index (χ1) is 15.5. The van der Waals surface area contributed by atoms with Crippen LogP contribution in [0.3, 0.4) is 0 Å². The van der Waals surface area contributed by atoms with E-state index in [0.29, 0.717) is 34.7 Å². The van der Waals surface area contributed by atoms with Crippen molar-refractivity contribution in [3.05, 3.63) is 75.7 Å². The number of hydrogen-bond donors (Lipinski definition) is 2. The first kappa shape index (κ1) is 23.3. The third-order valence-corrected chi connectivity index (χ3v) is 5.62. The molecule has 0 fully saturated rings. The maximum absolute atomic E-state index is 12.4. The van der Waals surface area contributed by atoms with Crippen LogP contribution in [-0.4, -0.2) is 30.5 Å². The number of para-hydroxylation sites is 1. The average Bonchev–Trinajstić information content (AvgIpc) is 3.29. The number of aromatic nitrogens is 1. The van der Waals surface area contributed by atoms with Crippen molar-refractivity contribution in [3.63, 3.8) is 0 Å². The van der Waals surface area contributed by atoms with Crippen LogP contribution in [-0.2, 0) is 17.9 Å². The second-order valence-electron chi connectivity index (χ2n) is 7.41. The molecule has 3 rings (SSSR count). The van der Waals surface area contributed by atoms with E-state index >= 15 is 0 Å². The molecule has 0 radical (unpaired) electrons. The molecule has 8 heteroatoms. The Labute approximate surface area is 191 Å². The van der Waals surface area contributed by atoms with Gasteiger partial charge in [0.05, 0.1) is 13.7 Å². The predicted molar refractivity (Wildman–Crippen MR) is 124 cm³/mol. The van der Waals surface area contributed by atoms with Crippen molar-refractivity contribution < 1.29 is 19.1 Å². The summed E-state index contributed by atoms with van der Waals surface area (Å²) in [5.41, 5.74) is 2.41. The van der Waals surface area contributed by atoms with E-state index in [0.717, 1.165) is 5.56 Å². The molecule has 0 bridgehead atoms. The van der Waals surface area contributed by atoms with Crippen molar-refractivity contribution in [1.29, 1.82) is 0 Å². The molecule has 1 heterocycles. The van der Waals surface area contributed by atoms with E-state index in [1.54, 1.807) is 12.5 Å². The zero-order valence-electron chi connectivity index (χ0n) is 18.4. The minimum absolute atomic E-state index is 0.0847. The standard InChI is InChI=1S/C24H27N3O4S/c1-16(2)17-8-10-19(11-9-17)31-14-22(28)25-13-23-27-20(15-32-23)24(29)26-12-18-6-4-5-7-21(18)30-3/h4-11,15-16H,12-14H2,1-3H3,(H,25,28)(H,26,29). The van der Waals surface area contributed by atoms with Crippen LogP contribution in [0.5, 0.6) is 11.5 Å². The van der Waals surface area contributed by atoms with E-state index in [-0.39, 0.29) is 25.0 Å². The number of benzene rings is 2. The molecule has 0 atom stereocenters. The second-order valence-corrected chi connectivity index (χ2v) is 8.35. The summed E-state index contributed by atoms with van der Waals surface area (Å²) in [5.74, 6) is 1.27. The highest BCUT2D eigenvalue weighted by Gasteiger charge is 2.12. The van der Waals surface area contributed by atoms with Gasteiger partial charge in [-0.1, -0.05) is 44.2 Å². The Hall–Kier alpha value is -3.39. The van der Waals surface area contributed by atoms with Gasteiger partial charge in [0.15, 0.2) is 6.61 Å². The average molecular weight is 454 g/mol. The van der Waals surface area contributed by atoms with Gasteiger partial charge >= 0.3 is 0 Å². The molecule has 3 aromatic rings. The highest BCUT2D eigenvalue weighted by Crippen LogP contribution is 2.19. The number of thiazole rings is 1. The van der Waals surface area contributed by atoms with E-state index in [9.17, 15) is 9.59 Å². The number of amides is 2. The molecule has 2 aromatic carbocycles. The van der Waals surface area contributed by atoms with Crippen LogP contribution in [0.1, 0.15) is 46.4 Å². The molecule has 32 heavy (non-hydrogen) atoms. The Kier molecular flexibility index (Phi) is 8.21. The largest absolute Gasteiger partial charge is 0.496 e. The number of methoxy groups -OCH3 is 1. The van der Waals surface area contributed by atoms with Gasteiger partial charge < -0.3 is 20.1 Å². The topological polar surface area (TPSA) is 89.6 Å². The van der Waals surface area contributed by atoms with E-state index < -0.39 is 0 Å². The van der Waals surface area contributed by atoms with Gasteiger partial charge in [-0.25, -0.2) is 4.98 Å². The fourth-order valence-electron chi connectivity index (χ4n) is 2.93. The Balaban J connectivity index is 1.43. The summed E-state index contributed by atoms with van der Waals surface area (Å²) in [4.78, 5) is 28.8. The molecule has 168 valence electrons. The third-order valence-electron chi connectivity index (χ3n) is 4.77. The van der Waals surface area contributed by atoms with Gasteiger partial charge in [-0.3, -0.25) is 9.59 Å². The maximum Gasteiger partial charge on any atom is 0.271 e. The lowest BCUT2D eigenvalue weighted by atomic mass is 10.0. The van der Waals surface area contributed by atoms with Gasteiger partial charge in [0.1, 0.15) is 22.2 Å². The highest BCUT2D eigenvalue weighted by molar-refractivity contribution is 7.09. The SMILES string of the molecule is COc1ccccc1CNC(=O)c1csc(CNC(=O)COc2ccc(C(C)C)cc2)n1.